The van der Waals surface area contributed by atoms with Gasteiger partial charge in [0.2, 0.25) is 15.9 Å². The highest BCUT2D eigenvalue weighted by Gasteiger charge is 2.29. The van der Waals surface area contributed by atoms with Crippen molar-refractivity contribution in [3.05, 3.63) is 28.0 Å². The molecule has 0 radical (unpaired) electrons. The smallest absolute Gasteiger partial charge is 0.322 e. The van der Waals surface area contributed by atoms with Gasteiger partial charge in [-0.2, -0.15) is 4.72 Å². The van der Waals surface area contributed by atoms with Crippen LogP contribution < -0.4 is 10.5 Å². The first-order chi connectivity index (χ1) is 9.56. The average molecular weight is 359 g/mol. The van der Waals surface area contributed by atoms with Crippen molar-refractivity contribution in [2.75, 3.05) is 0 Å². The van der Waals surface area contributed by atoms with Crippen LogP contribution >= 0.6 is 23.2 Å². The van der Waals surface area contributed by atoms with Gasteiger partial charge in [-0.25, -0.2) is 12.8 Å². The van der Waals surface area contributed by atoms with E-state index in [0.29, 0.717) is 0 Å². The summed E-state index contributed by atoms with van der Waals surface area (Å²) in [6.07, 6.45) is -0.776. The maximum atomic E-state index is 13.5. The standard InChI is InChI=1S/C10H9Cl2FN2O5S/c11-4-1-2-6(8(12)9(4)13)21(19,20)15-5(10(17)18)3-7(14)16/h1-2,5,15H,3H2,(H2,14,16)(H,17,18)/t5-/m0/s1. The van der Waals surface area contributed by atoms with Gasteiger partial charge in [-0.1, -0.05) is 23.2 Å². The summed E-state index contributed by atoms with van der Waals surface area (Å²) >= 11 is 11.0. The minimum atomic E-state index is -4.49. The normalized spacial score (nSPS) is 12.9. The van der Waals surface area contributed by atoms with Gasteiger partial charge in [0.15, 0.2) is 5.82 Å². The van der Waals surface area contributed by atoms with Crippen molar-refractivity contribution in [1.82, 2.24) is 4.72 Å². The number of carboxylic acids is 1. The molecule has 0 aromatic heterocycles. The van der Waals surface area contributed by atoms with E-state index in [4.69, 9.17) is 34.0 Å². The predicted octanol–water partition coefficient (Wildman–Crippen LogP) is 0.739. The van der Waals surface area contributed by atoms with Gasteiger partial charge in [-0.05, 0) is 12.1 Å². The number of benzene rings is 1. The minimum Gasteiger partial charge on any atom is -0.480 e. The molecule has 0 unspecified atom stereocenters. The van der Waals surface area contributed by atoms with Gasteiger partial charge in [0.1, 0.15) is 10.9 Å². The van der Waals surface area contributed by atoms with E-state index >= 15 is 0 Å². The Morgan fingerprint density at radius 2 is 1.95 bits per heavy atom. The van der Waals surface area contributed by atoms with E-state index in [-0.39, 0.29) is 0 Å². The molecule has 1 aromatic carbocycles. The summed E-state index contributed by atoms with van der Waals surface area (Å²) in [5, 5.41) is 7.65. The van der Waals surface area contributed by atoms with Crippen molar-refractivity contribution in [3.63, 3.8) is 0 Å². The molecule has 7 nitrogen and oxygen atoms in total. The molecule has 0 heterocycles. The highest BCUT2D eigenvalue weighted by Crippen LogP contribution is 2.29. The van der Waals surface area contributed by atoms with Gasteiger partial charge in [-0.3, -0.25) is 9.59 Å². The molecule has 1 amide bonds. The summed E-state index contributed by atoms with van der Waals surface area (Å²) in [6, 6.07) is 0.0442. The number of hydrogen-bond donors (Lipinski definition) is 3. The lowest BCUT2D eigenvalue weighted by atomic mass is 10.2. The Kier molecular flexibility index (Phi) is 5.51. The predicted molar refractivity (Wildman–Crippen MR) is 72.0 cm³/mol. The Morgan fingerprint density at radius 3 is 2.43 bits per heavy atom. The molecule has 4 N–H and O–H groups in total. The number of primary amides is 1. The summed E-state index contributed by atoms with van der Waals surface area (Å²) in [7, 11) is -4.49. The number of carboxylic acid groups (broad SMARTS) is 1. The first-order valence-electron chi connectivity index (χ1n) is 5.23. The molecule has 0 saturated heterocycles. The van der Waals surface area contributed by atoms with Gasteiger partial charge in [0, 0.05) is 0 Å². The summed E-state index contributed by atoms with van der Waals surface area (Å²) in [4.78, 5) is 20.9. The van der Waals surface area contributed by atoms with E-state index in [0.717, 1.165) is 12.1 Å². The van der Waals surface area contributed by atoms with Crippen LogP contribution in [0.4, 0.5) is 4.39 Å². The second kappa shape index (κ2) is 6.56. The van der Waals surface area contributed by atoms with E-state index in [1.165, 1.54) is 0 Å². The van der Waals surface area contributed by atoms with Crippen LogP contribution in [0.5, 0.6) is 0 Å². The number of carbonyl (C=O) groups is 2. The Labute approximate surface area is 128 Å². The third-order valence-corrected chi connectivity index (χ3v) is 4.58. The zero-order chi connectivity index (χ0) is 16.4. The molecule has 0 spiro atoms. The van der Waals surface area contributed by atoms with E-state index in [1.807, 2.05) is 0 Å². The van der Waals surface area contributed by atoms with E-state index in [9.17, 15) is 22.4 Å². The molecule has 11 heteroatoms. The maximum absolute atomic E-state index is 13.5. The third kappa shape index (κ3) is 4.27. The van der Waals surface area contributed by atoms with Crippen LogP contribution in [-0.4, -0.2) is 31.4 Å². The van der Waals surface area contributed by atoms with Gasteiger partial charge in [0.05, 0.1) is 16.5 Å². The number of nitrogens with two attached hydrogens (primary N) is 1. The van der Waals surface area contributed by atoms with Crippen LogP contribution in [0.15, 0.2) is 17.0 Å². The maximum Gasteiger partial charge on any atom is 0.322 e. The van der Waals surface area contributed by atoms with Crippen molar-refractivity contribution in [1.29, 1.82) is 0 Å². The summed E-state index contributed by atoms with van der Waals surface area (Å²) in [6.45, 7) is 0. The second-order valence-electron chi connectivity index (χ2n) is 3.86. The largest absolute Gasteiger partial charge is 0.480 e. The van der Waals surface area contributed by atoms with Crippen molar-refractivity contribution in [3.8, 4) is 0 Å². The first-order valence-corrected chi connectivity index (χ1v) is 7.47. The van der Waals surface area contributed by atoms with Crippen LogP contribution in [-0.2, 0) is 19.6 Å². The Balaban J connectivity index is 3.20. The van der Waals surface area contributed by atoms with Crippen LogP contribution in [0.3, 0.4) is 0 Å². The molecule has 0 aliphatic carbocycles. The van der Waals surface area contributed by atoms with Crippen LogP contribution in [0, 0.1) is 5.82 Å². The molecule has 1 rings (SSSR count). The number of rotatable bonds is 6. The Morgan fingerprint density at radius 1 is 1.38 bits per heavy atom. The van der Waals surface area contributed by atoms with Gasteiger partial charge in [0.25, 0.3) is 0 Å². The third-order valence-electron chi connectivity index (χ3n) is 2.29. The molecule has 0 fully saturated rings. The van der Waals surface area contributed by atoms with Gasteiger partial charge in [-0.15, -0.1) is 0 Å². The quantitative estimate of drug-likeness (QED) is 0.646. The molecular weight excluding hydrogens is 350 g/mol. The summed E-state index contributed by atoms with van der Waals surface area (Å²) < 4.78 is 39.2. The zero-order valence-corrected chi connectivity index (χ0v) is 12.5. The molecule has 0 bridgehead atoms. The number of nitrogens with one attached hydrogen (secondary N) is 1. The Hall–Kier alpha value is -1.42. The summed E-state index contributed by atoms with van der Waals surface area (Å²) in [5.41, 5.74) is 4.82. The van der Waals surface area contributed by atoms with Gasteiger partial charge < -0.3 is 10.8 Å². The number of sulfonamides is 1. The van der Waals surface area contributed by atoms with Crippen LogP contribution in [0.25, 0.3) is 0 Å². The van der Waals surface area contributed by atoms with E-state index < -0.39 is 55.1 Å². The van der Waals surface area contributed by atoms with Crippen molar-refractivity contribution < 1.29 is 27.5 Å². The monoisotopic (exact) mass is 358 g/mol. The lowest BCUT2D eigenvalue weighted by Gasteiger charge is -2.14. The average Bonchev–Trinajstić information content (AvgIpc) is 2.33. The number of aliphatic carboxylic acids is 1. The minimum absolute atomic E-state index is 0.397. The number of amides is 1. The second-order valence-corrected chi connectivity index (χ2v) is 6.32. The van der Waals surface area contributed by atoms with Crippen LogP contribution in [0.2, 0.25) is 10.0 Å². The molecule has 1 aromatic rings. The number of halogens is 3. The summed E-state index contributed by atoms with van der Waals surface area (Å²) in [5.74, 6) is -3.82. The fourth-order valence-electron chi connectivity index (χ4n) is 1.35. The highest BCUT2D eigenvalue weighted by atomic mass is 35.5. The van der Waals surface area contributed by atoms with Crippen molar-refractivity contribution in [2.24, 2.45) is 5.73 Å². The molecule has 0 saturated carbocycles. The van der Waals surface area contributed by atoms with Gasteiger partial charge >= 0.3 is 5.97 Å². The zero-order valence-electron chi connectivity index (χ0n) is 10.1. The Bertz CT molecular complexity index is 695. The fraction of sp³-hybridized carbons (Fsp3) is 0.200. The van der Waals surface area contributed by atoms with Crippen molar-refractivity contribution in [2.45, 2.75) is 17.4 Å². The topological polar surface area (TPSA) is 127 Å². The molecule has 21 heavy (non-hydrogen) atoms. The van der Waals surface area contributed by atoms with E-state index in [2.05, 4.69) is 0 Å². The lowest BCUT2D eigenvalue weighted by molar-refractivity contribution is -0.140. The SMILES string of the molecule is NC(=O)C[C@H](NS(=O)(=O)c1ccc(Cl)c(F)c1Cl)C(=O)O. The van der Waals surface area contributed by atoms with Crippen molar-refractivity contribution >= 4 is 45.1 Å². The first kappa shape index (κ1) is 17.6. The fourth-order valence-corrected chi connectivity index (χ4v) is 3.28. The van der Waals surface area contributed by atoms with Crippen LogP contribution in [0.1, 0.15) is 6.42 Å². The molecule has 0 aliphatic heterocycles. The highest BCUT2D eigenvalue weighted by molar-refractivity contribution is 7.89. The molecule has 1 atom stereocenters. The number of hydrogen-bond acceptors (Lipinski definition) is 4. The van der Waals surface area contributed by atoms with E-state index in [1.54, 1.807) is 4.72 Å². The molecular formula is C10H9Cl2FN2O5S. The lowest BCUT2D eigenvalue weighted by Crippen LogP contribution is -2.43. The number of carbonyl (C=O) groups excluding carboxylic acids is 1. The molecule has 116 valence electrons. The molecule has 0 aliphatic rings.